The van der Waals surface area contributed by atoms with Crippen LogP contribution in [0.25, 0.3) is 0 Å². The van der Waals surface area contributed by atoms with E-state index in [-0.39, 0.29) is 6.42 Å². The van der Waals surface area contributed by atoms with Gasteiger partial charge in [-0.15, -0.1) is 0 Å². The molecule has 6 heteroatoms. The van der Waals surface area contributed by atoms with Crippen LogP contribution in [0.3, 0.4) is 0 Å². The Morgan fingerprint density at radius 2 is 2.33 bits per heavy atom. The molecule has 0 radical (unpaired) electrons. The molecule has 1 fully saturated rings. The highest BCUT2D eigenvalue weighted by atomic mass is 16.7. The molecule has 1 aliphatic heterocycles. The van der Waals surface area contributed by atoms with Crippen molar-refractivity contribution in [2.24, 2.45) is 5.16 Å². The van der Waals surface area contributed by atoms with Gasteiger partial charge in [-0.05, 0) is 6.92 Å². The first-order valence-electron chi connectivity index (χ1n) is 4.64. The molecule has 1 unspecified atom stereocenters. The van der Waals surface area contributed by atoms with Crippen molar-refractivity contribution in [2.45, 2.75) is 38.8 Å². The standard InChI is InChI=1S/C9H15NO5/c1-5-9(15-6(2)11)7(10-12)4-8(13-3)14-5/h5,8-9,12H,4H2,1-3H3/b10-7+/t5-,8?,9-/m0/s1. The summed E-state index contributed by atoms with van der Waals surface area (Å²) in [5, 5.41) is 11.9. The van der Waals surface area contributed by atoms with Crippen molar-refractivity contribution < 1.29 is 24.2 Å². The molecule has 6 nitrogen and oxygen atoms in total. The van der Waals surface area contributed by atoms with Crippen LogP contribution in [0, 0.1) is 0 Å². The van der Waals surface area contributed by atoms with Crippen LogP contribution in [0.15, 0.2) is 5.16 Å². The van der Waals surface area contributed by atoms with Crippen LogP contribution in [-0.2, 0) is 19.0 Å². The summed E-state index contributed by atoms with van der Waals surface area (Å²) in [5.41, 5.74) is 0.357. The molecule has 0 aliphatic carbocycles. The van der Waals surface area contributed by atoms with Gasteiger partial charge in [-0.1, -0.05) is 5.16 Å². The molecule has 15 heavy (non-hydrogen) atoms. The molecule has 1 heterocycles. The number of hydrogen-bond acceptors (Lipinski definition) is 6. The van der Waals surface area contributed by atoms with E-state index in [0.29, 0.717) is 5.71 Å². The van der Waals surface area contributed by atoms with E-state index >= 15 is 0 Å². The Hall–Kier alpha value is -1.14. The SMILES string of the molecule is COC1C/C(=N\O)[C@@H](OC(C)=O)[C@H](C)O1. The highest BCUT2D eigenvalue weighted by Crippen LogP contribution is 2.20. The van der Waals surface area contributed by atoms with Gasteiger partial charge in [0, 0.05) is 20.5 Å². The first-order valence-corrected chi connectivity index (χ1v) is 4.64. The van der Waals surface area contributed by atoms with Gasteiger partial charge in [0.05, 0.1) is 0 Å². The molecule has 1 aliphatic rings. The van der Waals surface area contributed by atoms with Gasteiger partial charge in [-0.3, -0.25) is 4.79 Å². The number of oxime groups is 1. The Kier molecular flexibility index (Phi) is 4.05. The second-order valence-electron chi connectivity index (χ2n) is 3.33. The lowest BCUT2D eigenvalue weighted by Crippen LogP contribution is -2.47. The predicted octanol–water partition coefficient (Wildman–Crippen LogP) is 0.530. The minimum atomic E-state index is -0.640. The maximum Gasteiger partial charge on any atom is 0.303 e. The Morgan fingerprint density at radius 1 is 1.67 bits per heavy atom. The van der Waals surface area contributed by atoms with Crippen molar-refractivity contribution in [3.8, 4) is 0 Å². The number of methoxy groups -OCH3 is 1. The molecular formula is C9H15NO5. The average Bonchev–Trinajstić information content (AvgIpc) is 2.20. The molecular weight excluding hydrogens is 202 g/mol. The summed E-state index contributed by atoms with van der Waals surface area (Å²) >= 11 is 0. The van der Waals surface area contributed by atoms with Crippen LogP contribution in [0.5, 0.6) is 0 Å². The summed E-state index contributed by atoms with van der Waals surface area (Å²) in [4.78, 5) is 10.8. The van der Waals surface area contributed by atoms with E-state index < -0.39 is 24.5 Å². The fraction of sp³-hybridized carbons (Fsp3) is 0.778. The average molecular weight is 217 g/mol. The van der Waals surface area contributed by atoms with E-state index in [0.717, 1.165) is 0 Å². The van der Waals surface area contributed by atoms with Gasteiger partial charge in [0.2, 0.25) is 0 Å². The molecule has 0 bridgehead atoms. The molecule has 1 rings (SSSR count). The third-order valence-corrected chi connectivity index (χ3v) is 2.18. The van der Waals surface area contributed by atoms with Crippen LogP contribution in [0.2, 0.25) is 0 Å². The number of carbonyl (C=O) groups is 1. The molecule has 0 saturated carbocycles. The van der Waals surface area contributed by atoms with Crippen molar-refractivity contribution in [3.05, 3.63) is 0 Å². The summed E-state index contributed by atoms with van der Waals surface area (Å²) < 4.78 is 15.4. The maximum atomic E-state index is 10.8. The molecule has 0 amide bonds. The van der Waals surface area contributed by atoms with E-state index in [2.05, 4.69) is 5.16 Å². The zero-order valence-corrected chi connectivity index (χ0v) is 8.97. The highest BCUT2D eigenvalue weighted by Gasteiger charge is 2.36. The monoisotopic (exact) mass is 217 g/mol. The molecule has 1 N–H and O–H groups in total. The Labute approximate surface area is 87.8 Å². The van der Waals surface area contributed by atoms with Crippen LogP contribution in [0.1, 0.15) is 20.3 Å². The van der Waals surface area contributed by atoms with Crippen molar-refractivity contribution >= 4 is 11.7 Å². The number of esters is 1. The molecule has 3 atom stereocenters. The number of carbonyl (C=O) groups excluding carboxylic acids is 1. The Bertz CT molecular complexity index is 265. The minimum absolute atomic E-state index is 0.287. The fourth-order valence-corrected chi connectivity index (χ4v) is 1.50. The Balaban J connectivity index is 2.73. The molecule has 1 saturated heterocycles. The summed E-state index contributed by atoms with van der Waals surface area (Å²) in [6.07, 6.45) is -1.20. The third-order valence-electron chi connectivity index (χ3n) is 2.18. The van der Waals surface area contributed by atoms with Crippen LogP contribution >= 0.6 is 0 Å². The lowest BCUT2D eigenvalue weighted by atomic mass is 10.0. The van der Waals surface area contributed by atoms with Gasteiger partial charge in [-0.2, -0.15) is 0 Å². The van der Waals surface area contributed by atoms with Gasteiger partial charge in [0.1, 0.15) is 11.8 Å². The topological polar surface area (TPSA) is 77.4 Å². The lowest BCUT2D eigenvalue weighted by molar-refractivity contribution is -0.188. The number of rotatable bonds is 2. The van der Waals surface area contributed by atoms with Gasteiger partial charge in [0.15, 0.2) is 12.4 Å². The lowest BCUT2D eigenvalue weighted by Gasteiger charge is -2.33. The summed E-state index contributed by atoms with van der Waals surface area (Å²) in [6, 6.07) is 0. The van der Waals surface area contributed by atoms with E-state index in [1.54, 1.807) is 6.92 Å². The van der Waals surface area contributed by atoms with E-state index in [1.807, 2.05) is 0 Å². The normalized spacial score (nSPS) is 34.1. The number of hydrogen-bond donors (Lipinski definition) is 1. The summed E-state index contributed by atoms with van der Waals surface area (Å²) in [6.45, 7) is 3.02. The highest BCUT2D eigenvalue weighted by molar-refractivity contribution is 5.91. The maximum absolute atomic E-state index is 10.8. The zero-order chi connectivity index (χ0) is 11.4. The largest absolute Gasteiger partial charge is 0.453 e. The van der Waals surface area contributed by atoms with Crippen molar-refractivity contribution in [1.29, 1.82) is 0 Å². The molecule has 0 spiro atoms. The number of nitrogens with zero attached hydrogens (tertiary/aromatic N) is 1. The van der Waals surface area contributed by atoms with Gasteiger partial charge < -0.3 is 19.4 Å². The summed E-state index contributed by atoms with van der Waals surface area (Å²) in [7, 11) is 1.50. The first-order chi connectivity index (χ1) is 7.08. The smallest absolute Gasteiger partial charge is 0.303 e. The van der Waals surface area contributed by atoms with Crippen LogP contribution in [-0.4, -0.2) is 42.5 Å². The second kappa shape index (κ2) is 5.09. The van der Waals surface area contributed by atoms with E-state index in [9.17, 15) is 4.79 Å². The van der Waals surface area contributed by atoms with Crippen LogP contribution < -0.4 is 0 Å². The Morgan fingerprint density at radius 3 is 2.80 bits per heavy atom. The molecule has 0 aromatic heterocycles. The summed E-state index contributed by atoms with van der Waals surface area (Å²) in [5.74, 6) is -0.438. The van der Waals surface area contributed by atoms with E-state index in [1.165, 1.54) is 14.0 Å². The van der Waals surface area contributed by atoms with Crippen molar-refractivity contribution in [2.75, 3.05) is 7.11 Å². The predicted molar refractivity (Wildman–Crippen MR) is 50.7 cm³/mol. The molecule has 0 aromatic rings. The first kappa shape index (κ1) is 11.9. The van der Waals surface area contributed by atoms with Gasteiger partial charge in [0.25, 0.3) is 0 Å². The van der Waals surface area contributed by atoms with E-state index in [4.69, 9.17) is 19.4 Å². The number of ether oxygens (including phenoxy) is 3. The minimum Gasteiger partial charge on any atom is -0.453 e. The third kappa shape index (κ3) is 2.90. The zero-order valence-electron chi connectivity index (χ0n) is 8.97. The molecule has 86 valence electrons. The molecule has 0 aromatic carbocycles. The van der Waals surface area contributed by atoms with Gasteiger partial charge >= 0.3 is 5.97 Å². The van der Waals surface area contributed by atoms with Crippen LogP contribution in [0.4, 0.5) is 0 Å². The van der Waals surface area contributed by atoms with Gasteiger partial charge in [-0.25, -0.2) is 0 Å². The van der Waals surface area contributed by atoms with Crippen molar-refractivity contribution in [1.82, 2.24) is 0 Å². The quantitative estimate of drug-likeness (QED) is 0.414. The van der Waals surface area contributed by atoms with Crippen molar-refractivity contribution in [3.63, 3.8) is 0 Å². The second-order valence-corrected chi connectivity index (χ2v) is 3.33. The fourth-order valence-electron chi connectivity index (χ4n) is 1.50.